The zero-order valence-corrected chi connectivity index (χ0v) is 16.6. The third-order valence-corrected chi connectivity index (χ3v) is 5.75. The van der Waals surface area contributed by atoms with E-state index in [1.54, 1.807) is 6.20 Å². The summed E-state index contributed by atoms with van der Waals surface area (Å²) in [7, 11) is 0. The topological polar surface area (TPSA) is 68.0 Å². The summed E-state index contributed by atoms with van der Waals surface area (Å²) >= 11 is 1.84. The normalized spacial score (nSPS) is 16.9. The summed E-state index contributed by atoms with van der Waals surface area (Å²) in [4.78, 5) is 18.4. The molecule has 0 unspecified atom stereocenters. The quantitative estimate of drug-likeness (QED) is 0.707. The molecule has 0 aliphatic carbocycles. The van der Waals surface area contributed by atoms with Gasteiger partial charge in [-0.15, -0.1) is 11.8 Å². The Hall–Kier alpha value is -2.34. The zero-order valence-electron chi connectivity index (χ0n) is 15.8. The Balaban J connectivity index is 1.59. The van der Waals surface area contributed by atoms with Gasteiger partial charge in [0, 0.05) is 16.8 Å². The molecule has 0 spiro atoms. The van der Waals surface area contributed by atoms with Crippen molar-refractivity contribution in [1.82, 2.24) is 15.5 Å². The van der Waals surface area contributed by atoms with Gasteiger partial charge in [0.05, 0.1) is 22.7 Å². The maximum atomic E-state index is 12.9. The van der Waals surface area contributed by atoms with Gasteiger partial charge in [0.2, 0.25) is 0 Å². The lowest BCUT2D eigenvalue weighted by Gasteiger charge is -2.25. The van der Waals surface area contributed by atoms with Crippen LogP contribution in [0.4, 0.5) is 0 Å². The molecule has 0 saturated carbocycles. The lowest BCUT2D eigenvalue weighted by Crippen LogP contribution is -2.30. The summed E-state index contributed by atoms with van der Waals surface area (Å²) < 4.78 is 5.33. The van der Waals surface area contributed by atoms with Crippen LogP contribution in [0.2, 0.25) is 0 Å². The van der Waals surface area contributed by atoms with Gasteiger partial charge in [0.1, 0.15) is 0 Å². The molecule has 1 N–H and O–H groups in total. The molecule has 6 heteroatoms. The molecule has 1 amide bonds. The number of fused-ring (bicyclic) bond motifs is 2. The smallest absolute Gasteiger partial charge is 0.257 e. The van der Waals surface area contributed by atoms with E-state index in [1.807, 2.05) is 30.0 Å². The molecule has 0 fully saturated rings. The highest BCUT2D eigenvalue weighted by molar-refractivity contribution is 7.99. The molecule has 0 radical (unpaired) electrons. The van der Waals surface area contributed by atoms with Crippen molar-refractivity contribution in [3.05, 3.63) is 53.3 Å². The minimum atomic E-state index is -0.112. The number of carbonyl (C=O) groups excluding carboxylic acids is 1. The van der Waals surface area contributed by atoms with Crippen molar-refractivity contribution < 1.29 is 9.32 Å². The first-order valence-corrected chi connectivity index (χ1v) is 10.2. The van der Waals surface area contributed by atoms with Crippen molar-refractivity contribution in [3.8, 4) is 0 Å². The van der Waals surface area contributed by atoms with E-state index in [-0.39, 0.29) is 17.4 Å². The maximum Gasteiger partial charge on any atom is 0.257 e. The largest absolute Gasteiger partial charge is 0.345 e. The van der Waals surface area contributed by atoms with E-state index >= 15 is 0 Å². The molecule has 1 aliphatic heterocycles. The fourth-order valence-electron chi connectivity index (χ4n) is 3.37. The Morgan fingerprint density at radius 1 is 1.33 bits per heavy atom. The van der Waals surface area contributed by atoms with E-state index in [1.165, 1.54) is 10.5 Å². The first-order valence-electron chi connectivity index (χ1n) is 9.18. The van der Waals surface area contributed by atoms with E-state index in [0.717, 1.165) is 29.7 Å². The van der Waals surface area contributed by atoms with Crippen LogP contribution in [0, 0.1) is 5.41 Å². The molecular formula is C21H23N3O2S. The summed E-state index contributed by atoms with van der Waals surface area (Å²) in [5, 5.41) is 8.14. The molecule has 2 aromatic heterocycles. The molecule has 1 aromatic carbocycles. The van der Waals surface area contributed by atoms with Crippen LogP contribution in [0.1, 0.15) is 54.8 Å². The Bertz CT molecular complexity index is 991. The van der Waals surface area contributed by atoms with Crippen LogP contribution in [0.15, 0.2) is 45.9 Å². The number of nitrogens with zero attached hydrogens (tertiary/aromatic N) is 2. The third-order valence-electron chi connectivity index (χ3n) is 4.63. The van der Waals surface area contributed by atoms with E-state index in [9.17, 15) is 4.79 Å². The van der Waals surface area contributed by atoms with Gasteiger partial charge in [-0.2, -0.15) is 0 Å². The molecular weight excluding hydrogens is 358 g/mol. The second-order valence-electron chi connectivity index (χ2n) is 8.14. The molecule has 4 rings (SSSR count). The van der Waals surface area contributed by atoms with Crippen molar-refractivity contribution in [2.45, 2.75) is 44.6 Å². The fraction of sp³-hybridized carbons (Fsp3) is 0.381. The van der Waals surface area contributed by atoms with E-state index in [4.69, 9.17) is 4.52 Å². The van der Waals surface area contributed by atoms with E-state index in [0.29, 0.717) is 11.3 Å². The number of hydrogen-bond donors (Lipinski definition) is 1. The lowest BCUT2D eigenvalue weighted by atomic mass is 9.90. The van der Waals surface area contributed by atoms with Gasteiger partial charge in [0.25, 0.3) is 11.6 Å². The summed E-state index contributed by atoms with van der Waals surface area (Å²) in [6, 6.07) is 10.1. The van der Waals surface area contributed by atoms with Crippen molar-refractivity contribution >= 4 is 28.8 Å². The number of hydrogen-bond acceptors (Lipinski definition) is 5. The van der Waals surface area contributed by atoms with Crippen molar-refractivity contribution in [2.24, 2.45) is 5.41 Å². The average molecular weight is 382 g/mol. The molecule has 3 heterocycles. The Kier molecular flexibility index (Phi) is 4.68. The highest BCUT2D eigenvalue weighted by Gasteiger charge is 2.24. The van der Waals surface area contributed by atoms with Crippen LogP contribution in [0.25, 0.3) is 11.1 Å². The third kappa shape index (κ3) is 3.86. The summed E-state index contributed by atoms with van der Waals surface area (Å²) in [6.45, 7) is 6.45. The second-order valence-corrected chi connectivity index (χ2v) is 9.28. The molecule has 3 aromatic rings. The number of pyridine rings is 1. The maximum absolute atomic E-state index is 12.9. The predicted octanol–water partition coefficient (Wildman–Crippen LogP) is 4.78. The zero-order chi connectivity index (χ0) is 19.0. The Morgan fingerprint density at radius 3 is 2.96 bits per heavy atom. The number of carbonyl (C=O) groups is 1. The van der Waals surface area contributed by atoms with Gasteiger partial charge in [-0.05, 0) is 36.0 Å². The predicted molar refractivity (Wildman–Crippen MR) is 107 cm³/mol. The lowest BCUT2D eigenvalue weighted by molar-refractivity contribution is 0.0935. The SMILES string of the molecule is CC(C)(C)Cc1noc2ncc(C(=O)N[C@@H]3CCSc4ccccc43)cc12. The van der Waals surface area contributed by atoms with Gasteiger partial charge >= 0.3 is 0 Å². The van der Waals surface area contributed by atoms with Crippen LogP contribution in [0.3, 0.4) is 0 Å². The monoisotopic (exact) mass is 381 g/mol. The number of amides is 1. The van der Waals surface area contributed by atoms with Gasteiger partial charge < -0.3 is 9.84 Å². The number of nitrogens with one attached hydrogen (secondary N) is 1. The van der Waals surface area contributed by atoms with Gasteiger partial charge in [-0.3, -0.25) is 4.79 Å². The summed E-state index contributed by atoms with van der Waals surface area (Å²) in [6.07, 6.45) is 3.25. The highest BCUT2D eigenvalue weighted by atomic mass is 32.2. The minimum absolute atomic E-state index is 0.0298. The standard InChI is InChI=1S/C21H23N3O2S/c1-21(2,3)11-17-15-10-13(12-22-20(15)26-24-17)19(25)23-16-8-9-27-18-7-5-4-6-14(16)18/h4-7,10,12,16H,8-9,11H2,1-3H3,(H,23,25)/t16-/m1/s1. The molecule has 0 bridgehead atoms. The van der Waals surface area contributed by atoms with Gasteiger partial charge in [-0.25, -0.2) is 4.98 Å². The van der Waals surface area contributed by atoms with Gasteiger partial charge in [0.15, 0.2) is 0 Å². The molecule has 1 aliphatic rings. The molecule has 0 saturated heterocycles. The molecule has 1 atom stereocenters. The average Bonchev–Trinajstić information content (AvgIpc) is 3.02. The fourth-order valence-corrected chi connectivity index (χ4v) is 4.49. The number of benzene rings is 1. The minimum Gasteiger partial charge on any atom is -0.345 e. The Morgan fingerprint density at radius 2 is 2.15 bits per heavy atom. The van der Waals surface area contributed by atoms with Crippen LogP contribution < -0.4 is 5.32 Å². The molecule has 5 nitrogen and oxygen atoms in total. The Labute approximate surface area is 162 Å². The van der Waals surface area contributed by atoms with E-state index < -0.39 is 0 Å². The van der Waals surface area contributed by atoms with Crippen molar-refractivity contribution in [1.29, 1.82) is 0 Å². The first-order chi connectivity index (χ1) is 12.9. The van der Waals surface area contributed by atoms with Crippen LogP contribution in [0.5, 0.6) is 0 Å². The van der Waals surface area contributed by atoms with Crippen LogP contribution in [-0.4, -0.2) is 21.8 Å². The second kappa shape index (κ2) is 7.00. The number of rotatable bonds is 3. The van der Waals surface area contributed by atoms with E-state index in [2.05, 4.69) is 48.4 Å². The van der Waals surface area contributed by atoms with Crippen LogP contribution in [-0.2, 0) is 6.42 Å². The summed E-state index contributed by atoms with van der Waals surface area (Å²) in [5.41, 5.74) is 3.13. The molecule has 27 heavy (non-hydrogen) atoms. The van der Waals surface area contributed by atoms with Crippen molar-refractivity contribution in [3.63, 3.8) is 0 Å². The highest BCUT2D eigenvalue weighted by Crippen LogP contribution is 2.36. The van der Waals surface area contributed by atoms with Crippen LogP contribution >= 0.6 is 11.8 Å². The molecule has 140 valence electrons. The van der Waals surface area contributed by atoms with Crippen molar-refractivity contribution in [2.75, 3.05) is 5.75 Å². The first kappa shape index (κ1) is 18.0. The number of thioether (sulfide) groups is 1. The summed E-state index contributed by atoms with van der Waals surface area (Å²) in [5.74, 6) is 0.889. The number of aromatic nitrogens is 2. The van der Waals surface area contributed by atoms with Gasteiger partial charge in [-0.1, -0.05) is 44.1 Å².